The lowest BCUT2D eigenvalue weighted by molar-refractivity contribution is 0.0128. The van der Waals surface area contributed by atoms with Crippen LogP contribution in [0, 0.1) is 11.3 Å². The lowest BCUT2D eigenvalue weighted by Gasteiger charge is -2.29. The Morgan fingerprint density at radius 1 is 1.24 bits per heavy atom. The van der Waals surface area contributed by atoms with Gasteiger partial charge in [0.15, 0.2) is 0 Å². The minimum atomic E-state index is -0.467. The van der Waals surface area contributed by atoms with Crippen LogP contribution in [-0.4, -0.2) is 11.6 Å². The fraction of sp³-hybridized carbons (Fsp3) is 0.429. The minimum absolute atomic E-state index is 0.467. The van der Waals surface area contributed by atoms with Crippen LogP contribution in [0.25, 0.3) is 11.1 Å². The fourth-order valence-electron chi connectivity index (χ4n) is 4.16. The quantitative estimate of drug-likeness (QED) is 0.748. The Morgan fingerprint density at radius 2 is 2.08 bits per heavy atom. The van der Waals surface area contributed by atoms with E-state index in [1.807, 2.05) is 24.3 Å². The summed E-state index contributed by atoms with van der Waals surface area (Å²) in [5, 5.41) is 10.7. The van der Waals surface area contributed by atoms with Crippen molar-refractivity contribution in [3.8, 4) is 17.2 Å². The van der Waals surface area contributed by atoms with Gasteiger partial charge in [0.25, 0.3) is 0 Å². The number of hydrogen-bond donors (Lipinski definition) is 0. The van der Waals surface area contributed by atoms with Gasteiger partial charge in [-0.1, -0.05) is 23.7 Å². The van der Waals surface area contributed by atoms with Crippen LogP contribution < -0.4 is 0 Å². The van der Waals surface area contributed by atoms with E-state index in [9.17, 15) is 5.26 Å². The normalized spacial score (nSPS) is 22.4. The number of pyridine rings is 1. The van der Waals surface area contributed by atoms with Crippen molar-refractivity contribution >= 4 is 11.6 Å². The van der Waals surface area contributed by atoms with Crippen molar-refractivity contribution in [1.82, 2.24) is 4.98 Å². The lowest BCUT2D eigenvalue weighted by atomic mass is 9.82. The van der Waals surface area contributed by atoms with Crippen molar-refractivity contribution in [1.29, 1.82) is 5.26 Å². The van der Waals surface area contributed by atoms with Gasteiger partial charge in [-0.2, -0.15) is 5.26 Å². The first kappa shape index (κ1) is 16.6. The Hall–Kier alpha value is -1.89. The maximum Gasteiger partial charge on any atom is 0.109 e. The third-order valence-electron chi connectivity index (χ3n) is 5.42. The standard InChI is InChI=1S/C21H21ClN2O/c1-21(10-5-11-25-21)20-17(13-23)19(14-6-4-7-15(22)12-14)16-8-2-3-9-18(16)24-20/h4,6-7,12H,2-3,5,8-11H2,1H3. The zero-order valence-corrected chi connectivity index (χ0v) is 15.2. The number of ether oxygens (including phenoxy) is 1. The lowest BCUT2D eigenvalue weighted by Crippen LogP contribution is -2.26. The molecule has 2 aliphatic rings. The van der Waals surface area contributed by atoms with E-state index < -0.39 is 5.60 Å². The summed E-state index contributed by atoms with van der Waals surface area (Å²) in [6, 6.07) is 10.3. The first-order valence-corrected chi connectivity index (χ1v) is 9.36. The van der Waals surface area contributed by atoms with Gasteiger partial charge >= 0.3 is 0 Å². The summed E-state index contributed by atoms with van der Waals surface area (Å²) in [7, 11) is 0. The molecule has 1 aliphatic carbocycles. The predicted molar refractivity (Wildman–Crippen MR) is 98.6 cm³/mol. The molecule has 25 heavy (non-hydrogen) atoms. The highest BCUT2D eigenvalue weighted by Gasteiger charge is 2.38. The van der Waals surface area contributed by atoms with Crippen LogP contribution in [0.5, 0.6) is 0 Å². The third-order valence-corrected chi connectivity index (χ3v) is 5.65. The van der Waals surface area contributed by atoms with Crippen LogP contribution >= 0.6 is 11.6 Å². The van der Waals surface area contributed by atoms with Gasteiger partial charge in [0.05, 0.1) is 11.3 Å². The highest BCUT2D eigenvalue weighted by molar-refractivity contribution is 6.30. The highest BCUT2D eigenvalue weighted by atomic mass is 35.5. The van der Waals surface area contributed by atoms with Crippen LogP contribution in [0.4, 0.5) is 0 Å². The maximum absolute atomic E-state index is 10.0. The monoisotopic (exact) mass is 352 g/mol. The molecule has 2 aromatic rings. The summed E-state index contributed by atoms with van der Waals surface area (Å²) in [5.41, 5.74) is 5.37. The number of hydrogen-bond acceptors (Lipinski definition) is 3. The summed E-state index contributed by atoms with van der Waals surface area (Å²) in [4.78, 5) is 4.97. The second-order valence-electron chi connectivity index (χ2n) is 7.15. The molecule has 0 bridgehead atoms. The second kappa shape index (κ2) is 6.44. The molecule has 4 heteroatoms. The van der Waals surface area contributed by atoms with Gasteiger partial charge < -0.3 is 4.74 Å². The molecule has 0 spiro atoms. The van der Waals surface area contributed by atoms with Crippen molar-refractivity contribution in [3.63, 3.8) is 0 Å². The van der Waals surface area contributed by atoms with Crippen molar-refractivity contribution in [2.45, 2.75) is 51.0 Å². The summed E-state index contributed by atoms with van der Waals surface area (Å²) >= 11 is 6.24. The van der Waals surface area contributed by atoms with Crippen molar-refractivity contribution in [2.24, 2.45) is 0 Å². The molecule has 1 fully saturated rings. The van der Waals surface area contributed by atoms with Crippen LogP contribution in [0.2, 0.25) is 5.02 Å². The Balaban J connectivity index is 2.02. The summed E-state index contributed by atoms with van der Waals surface area (Å²) < 4.78 is 6.03. The van der Waals surface area contributed by atoms with E-state index in [1.165, 1.54) is 5.56 Å². The van der Waals surface area contributed by atoms with E-state index in [0.717, 1.165) is 67.6 Å². The first-order valence-electron chi connectivity index (χ1n) is 8.98. The van der Waals surface area contributed by atoms with Gasteiger partial charge in [-0.05, 0) is 68.7 Å². The van der Waals surface area contributed by atoms with Gasteiger partial charge in [0, 0.05) is 22.9 Å². The van der Waals surface area contributed by atoms with Crippen LogP contribution in [0.1, 0.15) is 55.1 Å². The van der Waals surface area contributed by atoms with Crippen molar-refractivity contribution < 1.29 is 4.74 Å². The molecule has 3 nitrogen and oxygen atoms in total. The number of nitrogens with zero attached hydrogens (tertiary/aromatic N) is 2. The molecule has 0 radical (unpaired) electrons. The zero-order chi connectivity index (χ0) is 17.4. The molecule has 0 N–H and O–H groups in total. The number of aryl methyl sites for hydroxylation is 1. The van der Waals surface area contributed by atoms with E-state index in [4.69, 9.17) is 21.3 Å². The van der Waals surface area contributed by atoms with E-state index in [-0.39, 0.29) is 0 Å². The highest BCUT2D eigenvalue weighted by Crippen LogP contribution is 2.42. The van der Waals surface area contributed by atoms with Crippen LogP contribution in [0.3, 0.4) is 0 Å². The molecule has 1 aromatic heterocycles. The van der Waals surface area contributed by atoms with E-state index in [0.29, 0.717) is 10.6 Å². The molecule has 1 unspecified atom stereocenters. The number of benzene rings is 1. The molecule has 4 rings (SSSR count). The molecular weight excluding hydrogens is 332 g/mol. The van der Waals surface area contributed by atoms with Crippen LogP contribution in [-0.2, 0) is 23.2 Å². The topological polar surface area (TPSA) is 45.9 Å². The van der Waals surface area contributed by atoms with Crippen molar-refractivity contribution in [2.75, 3.05) is 6.61 Å². The smallest absolute Gasteiger partial charge is 0.109 e. The van der Waals surface area contributed by atoms with Crippen molar-refractivity contribution in [3.05, 3.63) is 51.8 Å². The fourth-order valence-corrected chi connectivity index (χ4v) is 4.35. The number of rotatable bonds is 2. The van der Waals surface area contributed by atoms with Gasteiger partial charge in [0.2, 0.25) is 0 Å². The second-order valence-corrected chi connectivity index (χ2v) is 7.58. The molecule has 1 saturated heterocycles. The summed E-state index contributed by atoms with van der Waals surface area (Å²) in [6.45, 7) is 2.80. The molecule has 1 atom stereocenters. The Morgan fingerprint density at radius 3 is 2.80 bits per heavy atom. The Labute approximate surface area is 153 Å². The van der Waals surface area contributed by atoms with E-state index in [1.54, 1.807) is 0 Å². The molecule has 0 saturated carbocycles. The van der Waals surface area contributed by atoms with Gasteiger partial charge in [0.1, 0.15) is 11.7 Å². The zero-order valence-electron chi connectivity index (χ0n) is 14.4. The number of nitriles is 1. The molecular formula is C21H21ClN2O. The average molecular weight is 353 g/mol. The van der Waals surface area contributed by atoms with E-state index >= 15 is 0 Å². The number of halogens is 1. The largest absolute Gasteiger partial charge is 0.369 e. The predicted octanol–water partition coefficient (Wildman–Crippen LogP) is 5.18. The van der Waals surface area contributed by atoms with Gasteiger partial charge in [-0.15, -0.1) is 0 Å². The molecule has 2 heterocycles. The maximum atomic E-state index is 10.0. The van der Waals surface area contributed by atoms with E-state index in [2.05, 4.69) is 13.0 Å². The molecule has 128 valence electrons. The minimum Gasteiger partial charge on any atom is -0.369 e. The Bertz CT molecular complexity index is 863. The molecule has 1 aromatic carbocycles. The molecule has 1 aliphatic heterocycles. The summed E-state index contributed by atoms with van der Waals surface area (Å²) in [5.74, 6) is 0. The Kier molecular flexibility index (Phi) is 4.27. The first-order chi connectivity index (χ1) is 12.1. The SMILES string of the molecule is CC1(c2nc3c(c(-c4cccc(Cl)c4)c2C#N)CCCC3)CCCO1. The van der Waals surface area contributed by atoms with Crippen LogP contribution in [0.15, 0.2) is 24.3 Å². The number of fused-ring (bicyclic) bond motifs is 1. The summed E-state index contributed by atoms with van der Waals surface area (Å²) in [6.07, 6.45) is 6.14. The average Bonchev–Trinajstić information content (AvgIpc) is 3.07. The van der Waals surface area contributed by atoms with Gasteiger partial charge in [-0.25, -0.2) is 0 Å². The molecule has 0 amide bonds. The number of aromatic nitrogens is 1. The van der Waals surface area contributed by atoms with Gasteiger partial charge in [-0.3, -0.25) is 4.98 Å². The third kappa shape index (κ3) is 2.84.